The zero-order valence-electron chi connectivity index (χ0n) is 5.09. The lowest BCUT2D eigenvalue weighted by Gasteiger charge is -1.92. The highest BCUT2D eigenvalue weighted by atomic mass is 79.9. The van der Waals surface area contributed by atoms with Gasteiger partial charge in [-0.2, -0.15) is 0 Å². The molecule has 0 fully saturated rings. The highest BCUT2D eigenvalue weighted by molar-refractivity contribution is 8.93. The highest BCUT2D eigenvalue weighted by Crippen LogP contribution is 1.58. The molecule has 0 spiro atoms. The maximum Gasteiger partial charge on any atom is 0.231 e. The summed E-state index contributed by atoms with van der Waals surface area (Å²) in [6.07, 6.45) is 1.67. The number of halogens is 1. The summed E-state index contributed by atoms with van der Waals surface area (Å²) in [6, 6.07) is 0. The highest BCUT2D eigenvalue weighted by Gasteiger charge is 1.86. The maximum absolute atomic E-state index is 10.00. The van der Waals surface area contributed by atoms with Crippen LogP contribution in [-0.2, 0) is 4.79 Å². The number of carbonyl (C=O) groups excluding carboxylic acids is 1. The van der Waals surface area contributed by atoms with Crippen LogP contribution in [0.2, 0.25) is 0 Å². The molecule has 9 heavy (non-hydrogen) atoms. The van der Waals surface area contributed by atoms with Crippen molar-refractivity contribution in [3.63, 3.8) is 0 Å². The van der Waals surface area contributed by atoms with Gasteiger partial charge in [-0.1, -0.05) is 6.08 Å². The molecule has 0 aliphatic carbocycles. The first-order chi connectivity index (χ1) is 3.77. The molecule has 0 radical (unpaired) electrons. The monoisotopic (exact) mass is 194 g/mol. The van der Waals surface area contributed by atoms with Crippen LogP contribution in [0.4, 0.5) is 0 Å². The Morgan fingerprint density at radius 2 is 2.33 bits per heavy atom. The summed E-state index contributed by atoms with van der Waals surface area (Å²) in [7, 11) is 0. The molecule has 0 aliphatic rings. The molecule has 54 valence electrons. The van der Waals surface area contributed by atoms with E-state index in [1.54, 1.807) is 6.08 Å². The summed E-state index contributed by atoms with van der Waals surface area (Å²) in [5, 5.41) is 2.74. The van der Waals surface area contributed by atoms with Crippen molar-refractivity contribution in [1.29, 1.82) is 0 Å². The Morgan fingerprint density at radius 1 is 1.78 bits per heavy atom. The van der Waals surface area contributed by atoms with E-state index in [4.69, 9.17) is 5.73 Å². The van der Waals surface area contributed by atoms with Crippen LogP contribution in [0, 0.1) is 0 Å². The van der Waals surface area contributed by atoms with Crippen LogP contribution >= 0.6 is 17.0 Å². The Kier molecular flexibility index (Phi) is 9.73. The van der Waals surface area contributed by atoms with Crippen LogP contribution in [-0.4, -0.2) is 19.0 Å². The molecule has 0 rings (SSSR count). The largest absolute Gasteiger partial charge is 0.369 e. The second-order valence-electron chi connectivity index (χ2n) is 1.39. The van der Waals surface area contributed by atoms with Gasteiger partial charge in [0.25, 0.3) is 0 Å². The lowest BCUT2D eigenvalue weighted by atomic mass is 10.5. The number of rotatable bonds is 4. The molecule has 0 aromatic heterocycles. The fourth-order valence-electron chi connectivity index (χ4n) is 0.297. The fourth-order valence-corrected chi connectivity index (χ4v) is 0.297. The van der Waals surface area contributed by atoms with E-state index in [9.17, 15) is 4.79 Å². The van der Waals surface area contributed by atoms with Crippen LogP contribution in [0.15, 0.2) is 12.7 Å². The smallest absolute Gasteiger partial charge is 0.231 e. The third-order valence-corrected chi connectivity index (χ3v) is 0.588. The van der Waals surface area contributed by atoms with Gasteiger partial charge in [-0.3, -0.25) is 4.79 Å². The van der Waals surface area contributed by atoms with Crippen molar-refractivity contribution in [2.24, 2.45) is 5.73 Å². The van der Waals surface area contributed by atoms with Crippen LogP contribution in [0.1, 0.15) is 0 Å². The molecule has 0 atom stereocenters. The summed E-state index contributed by atoms with van der Waals surface area (Å²) in [4.78, 5) is 10.00. The Morgan fingerprint density at radius 3 is 2.67 bits per heavy atom. The van der Waals surface area contributed by atoms with Crippen molar-refractivity contribution in [1.82, 2.24) is 5.32 Å². The third-order valence-electron chi connectivity index (χ3n) is 0.588. The topological polar surface area (TPSA) is 55.1 Å². The molecular formula is C5H11BrN2O. The van der Waals surface area contributed by atoms with Gasteiger partial charge in [-0.05, 0) is 0 Å². The van der Waals surface area contributed by atoms with E-state index in [1.807, 2.05) is 0 Å². The molecule has 1 amide bonds. The van der Waals surface area contributed by atoms with Crippen molar-refractivity contribution >= 4 is 22.9 Å². The molecular weight excluding hydrogens is 184 g/mol. The molecule has 0 saturated heterocycles. The van der Waals surface area contributed by atoms with Crippen LogP contribution in [0.3, 0.4) is 0 Å². The summed E-state index contributed by atoms with van der Waals surface area (Å²) in [5.41, 5.74) is 4.80. The van der Waals surface area contributed by atoms with Gasteiger partial charge in [0.05, 0.1) is 6.54 Å². The summed E-state index contributed by atoms with van der Waals surface area (Å²) >= 11 is 0. The van der Waals surface area contributed by atoms with E-state index >= 15 is 0 Å². The number of nitrogens with one attached hydrogen (secondary N) is 1. The first kappa shape index (κ1) is 11.4. The van der Waals surface area contributed by atoms with Crippen molar-refractivity contribution in [3.05, 3.63) is 12.7 Å². The van der Waals surface area contributed by atoms with Gasteiger partial charge in [0.2, 0.25) is 5.91 Å². The minimum absolute atomic E-state index is 0. The number of nitrogens with two attached hydrogens (primary N) is 1. The van der Waals surface area contributed by atoms with Gasteiger partial charge in [0.1, 0.15) is 0 Å². The van der Waals surface area contributed by atoms with E-state index in [0.29, 0.717) is 6.54 Å². The Labute approximate surface area is 65.1 Å². The first-order valence-electron chi connectivity index (χ1n) is 2.37. The predicted molar refractivity (Wildman–Crippen MR) is 42.6 cm³/mol. The average Bonchev–Trinajstić information content (AvgIpc) is 1.66. The molecule has 3 nitrogen and oxygen atoms in total. The van der Waals surface area contributed by atoms with E-state index < -0.39 is 0 Å². The first-order valence-corrected chi connectivity index (χ1v) is 2.37. The van der Waals surface area contributed by atoms with E-state index in [0.717, 1.165) is 0 Å². The van der Waals surface area contributed by atoms with Gasteiger partial charge in [0, 0.05) is 6.54 Å². The Balaban J connectivity index is 0. The van der Waals surface area contributed by atoms with Crippen molar-refractivity contribution in [2.75, 3.05) is 13.1 Å². The third kappa shape index (κ3) is 11.3. The van der Waals surface area contributed by atoms with Crippen LogP contribution in [0.25, 0.3) is 0 Å². The van der Waals surface area contributed by atoms with E-state index in [2.05, 4.69) is 11.9 Å². The zero-order chi connectivity index (χ0) is 6.41. The molecule has 3 N–H and O–H groups in total. The second kappa shape index (κ2) is 7.65. The number of carbonyl (C=O) groups is 1. The molecule has 0 aromatic rings. The molecule has 0 heterocycles. The molecule has 0 unspecified atom stereocenters. The molecule has 4 heteroatoms. The van der Waals surface area contributed by atoms with Crippen LogP contribution < -0.4 is 11.1 Å². The summed E-state index contributed by atoms with van der Waals surface area (Å²) < 4.78 is 0. The summed E-state index contributed by atoms with van der Waals surface area (Å²) in [5.74, 6) is -0.341. The van der Waals surface area contributed by atoms with E-state index in [1.165, 1.54) is 0 Å². The average molecular weight is 195 g/mol. The minimum Gasteiger partial charge on any atom is -0.369 e. The van der Waals surface area contributed by atoms with Crippen molar-refractivity contribution in [3.8, 4) is 0 Å². The summed E-state index contributed by atoms with van der Waals surface area (Å²) in [6.45, 7) is 4.30. The lowest BCUT2D eigenvalue weighted by molar-refractivity contribution is -0.117. The van der Waals surface area contributed by atoms with Crippen LogP contribution in [0.5, 0.6) is 0 Å². The van der Waals surface area contributed by atoms with Gasteiger partial charge in [-0.15, -0.1) is 23.6 Å². The predicted octanol–water partition coefficient (Wildman–Crippen LogP) is -0.175. The molecule has 0 saturated carbocycles. The van der Waals surface area contributed by atoms with Gasteiger partial charge in [0.15, 0.2) is 0 Å². The maximum atomic E-state index is 10.00. The lowest BCUT2D eigenvalue weighted by Crippen LogP contribution is -2.28. The zero-order valence-corrected chi connectivity index (χ0v) is 6.81. The number of hydrogen-bond donors (Lipinski definition) is 2. The number of hydrogen-bond acceptors (Lipinski definition) is 2. The minimum atomic E-state index is -0.341. The van der Waals surface area contributed by atoms with Crippen molar-refractivity contribution in [2.45, 2.75) is 0 Å². The SMILES string of the molecule is Br.C=CCNCC(N)=O. The normalized spacial score (nSPS) is 7.56. The molecule has 0 bridgehead atoms. The van der Waals surface area contributed by atoms with E-state index in [-0.39, 0.29) is 29.4 Å². The number of amides is 1. The molecule has 0 aliphatic heterocycles. The van der Waals surface area contributed by atoms with Gasteiger partial charge in [-0.25, -0.2) is 0 Å². The fraction of sp³-hybridized carbons (Fsp3) is 0.400. The van der Waals surface area contributed by atoms with Crippen molar-refractivity contribution < 1.29 is 4.79 Å². The quantitative estimate of drug-likeness (QED) is 0.483. The molecule has 0 aromatic carbocycles. The van der Waals surface area contributed by atoms with Gasteiger partial charge < -0.3 is 11.1 Å². The van der Waals surface area contributed by atoms with Gasteiger partial charge >= 0.3 is 0 Å². The Hall–Kier alpha value is -0.350. The Bertz CT molecular complexity index is 95.0. The second-order valence-corrected chi connectivity index (χ2v) is 1.39. The standard InChI is InChI=1S/C5H10N2O.BrH/c1-2-3-7-4-5(6)8;/h2,7H,1,3-4H2,(H2,6,8);1H. The number of primary amides is 1.